The van der Waals surface area contributed by atoms with Crippen LogP contribution in [0.3, 0.4) is 0 Å². The second-order valence-electron chi connectivity index (χ2n) is 8.55. The van der Waals surface area contributed by atoms with Crippen LogP contribution in [-0.2, 0) is 4.74 Å². The van der Waals surface area contributed by atoms with Gasteiger partial charge in [-0.05, 0) is 55.9 Å². The molecule has 9 heteroatoms. The third kappa shape index (κ3) is 4.12. The van der Waals surface area contributed by atoms with E-state index in [0.717, 1.165) is 25.7 Å². The molecule has 0 unspecified atom stereocenters. The molecule has 1 saturated carbocycles. The monoisotopic (exact) mass is 446 g/mol. The lowest BCUT2D eigenvalue weighted by molar-refractivity contribution is 0.0148. The van der Waals surface area contributed by atoms with E-state index in [9.17, 15) is 14.4 Å². The number of hydrogen-bond donors (Lipinski definition) is 1. The number of nitriles is 1. The molecule has 1 amide bonds. The minimum absolute atomic E-state index is 0.294. The van der Waals surface area contributed by atoms with Crippen LogP contribution in [0.25, 0.3) is 5.69 Å². The van der Waals surface area contributed by atoms with E-state index in [0.29, 0.717) is 41.9 Å². The number of aromatic nitrogens is 3. The van der Waals surface area contributed by atoms with Gasteiger partial charge in [0, 0.05) is 12.7 Å². The van der Waals surface area contributed by atoms with Gasteiger partial charge in [-0.1, -0.05) is 18.2 Å². The van der Waals surface area contributed by atoms with Crippen LogP contribution in [0.2, 0.25) is 0 Å². The minimum atomic E-state index is -0.477. The molecule has 1 aliphatic heterocycles. The van der Waals surface area contributed by atoms with Gasteiger partial charge in [0.05, 0.1) is 12.7 Å². The molecule has 5 rings (SSSR count). The van der Waals surface area contributed by atoms with E-state index in [1.165, 1.54) is 16.9 Å². The van der Waals surface area contributed by atoms with Gasteiger partial charge in [-0.15, -0.1) is 5.10 Å². The van der Waals surface area contributed by atoms with Crippen LogP contribution in [-0.4, -0.2) is 39.5 Å². The van der Waals surface area contributed by atoms with Crippen molar-refractivity contribution in [3.05, 3.63) is 66.2 Å². The van der Waals surface area contributed by atoms with Crippen LogP contribution >= 0.6 is 0 Å². The molecule has 2 aromatic heterocycles. The highest BCUT2D eigenvalue weighted by Gasteiger charge is 2.48. The number of hydrogen-bond acceptors (Lipinski definition) is 6. The van der Waals surface area contributed by atoms with Crippen molar-refractivity contribution in [1.29, 1.82) is 5.26 Å². The molecule has 1 aliphatic carbocycles. The molecule has 0 radical (unpaired) electrons. The maximum absolute atomic E-state index is 14.1. The maximum Gasteiger partial charge on any atom is 0.416 e. The summed E-state index contributed by atoms with van der Waals surface area (Å²) >= 11 is 0. The molecule has 8 nitrogen and oxygen atoms in total. The molecule has 2 fully saturated rings. The number of carbonyl (C=O) groups excluding carboxylic acids is 1. The molecule has 1 spiro atoms. The van der Waals surface area contributed by atoms with Crippen molar-refractivity contribution in [3.63, 3.8) is 0 Å². The van der Waals surface area contributed by atoms with Gasteiger partial charge in [-0.3, -0.25) is 4.90 Å². The molecule has 1 aromatic carbocycles. The maximum atomic E-state index is 14.1. The number of halogens is 1. The van der Waals surface area contributed by atoms with Gasteiger partial charge in [0.1, 0.15) is 34.6 Å². The molecule has 0 atom stereocenters. The number of para-hydroxylation sites is 1. The van der Waals surface area contributed by atoms with Crippen molar-refractivity contribution in [3.8, 4) is 11.8 Å². The zero-order valence-electron chi connectivity index (χ0n) is 17.9. The molecule has 2 aliphatic rings. The predicted molar refractivity (Wildman–Crippen MR) is 119 cm³/mol. The first-order valence-electron chi connectivity index (χ1n) is 11.0. The lowest BCUT2D eigenvalue weighted by Gasteiger charge is -2.35. The van der Waals surface area contributed by atoms with Gasteiger partial charge in [0.2, 0.25) is 0 Å². The molecule has 0 bridgehead atoms. The van der Waals surface area contributed by atoms with Crippen LogP contribution in [0.15, 0.2) is 54.9 Å². The fourth-order valence-electron chi connectivity index (χ4n) is 4.57. The quantitative estimate of drug-likeness (QED) is 0.629. The van der Waals surface area contributed by atoms with Gasteiger partial charge in [0.15, 0.2) is 5.82 Å². The average Bonchev–Trinajstić information content (AvgIpc) is 3.40. The highest BCUT2D eigenvalue weighted by Crippen LogP contribution is 2.40. The SMILES string of the molecule is N#Cc1cn(-c2ccccc2F)nc1NCC1CCC2(CC1)CN(c1ccccn1)C(=O)O2. The first kappa shape index (κ1) is 20.9. The number of amides is 1. The molecule has 33 heavy (non-hydrogen) atoms. The number of pyridine rings is 1. The summed E-state index contributed by atoms with van der Waals surface area (Å²) in [7, 11) is 0. The van der Waals surface area contributed by atoms with Gasteiger partial charge < -0.3 is 10.1 Å². The smallest absolute Gasteiger partial charge is 0.416 e. The summed E-state index contributed by atoms with van der Waals surface area (Å²) in [5.41, 5.74) is 0.179. The van der Waals surface area contributed by atoms with E-state index in [-0.39, 0.29) is 6.09 Å². The Bertz CT molecular complexity index is 1200. The highest BCUT2D eigenvalue weighted by molar-refractivity contribution is 5.89. The standard InChI is InChI=1S/C24H23FN6O2/c25-19-5-1-2-6-20(19)31-15-18(13-26)22(29-31)28-14-17-8-10-24(11-9-17)16-30(23(32)33-24)21-7-3-4-12-27-21/h1-7,12,15,17H,8-11,14,16H2,(H,28,29). The van der Waals surface area contributed by atoms with Crippen LogP contribution in [0.5, 0.6) is 0 Å². The van der Waals surface area contributed by atoms with Crippen molar-refractivity contribution >= 4 is 17.7 Å². The largest absolute Gasteiger partial charge is 0.441 e. The number of carbonyl (C=O) groups is 1. The normalized spacial score (nSPS) is 22.2. The fraction of sp³-hybridized carbons (Fsp3) is 0.333. The van der Waals surface area contributed by atoms with E-state index >= 15 is 0 Å². The number of nitrogens with one attached hydrogen (secondary N) is 1. The predicted octanol–water partition coefficient (Wildman–Crippen LogP) is 4.28. The molecule has 1 saturated heterocycles. The molecule has 1 N–H and O–H groups in total. The third-order valence-corrected chi connectivity index (χ3v) is 6.40. The summed E-state index contributed by atoms with van der Waals surface area (Å²) in [4.78, 5) is 18.3. The van der Waals surface area contributed by atoms with Crippen molar-refractivity contribution in [2.45, 2.75) is 31.3 Å². The lowest BCUT2D eigenvalue weighted by Crippen LogP contribution is -2.39. The van der Waals surface area contributed by atoms with Gasteiger partial charge in [0.25, 0.3) is 0 Å². The van der Waals surface area contributed by atoms with Crippen LogP contribution in [0, 0.1) is 23.1 Å². The lowest BCUT2D eigenvalue weighted by atomic mass is 9.78. The van der Waals surface area contributed by atoms with E-state index in [1.807, 2.05) is 18.2 Å². The number of benzene rings is 1. The van der Waals surface area contributed by atoms with E-state index in [1.54, 1.807) is 29.3 Å². The van der Waals surface area contributed by atoms with Crippen LogP contribution in [0.4, 0.5) is 20.8 Å². The first-order chi connectivity index (χ1) is 16.1. The molecular formula is C24H23FN6O2. The summed E-state index contributed by atoms with van der Waals surface area (Å²) in [6.45, 7) is 1.14. The Hall–Kier alpha value is -3.93. The average molecular weight is 446 g/mol. The second kappa shape index (κ2) is 8.54. The Morgan fingerprint density at radius 1 is 1.21 bits per heavy atom. The summed E-state index contributed by atoms with van der Waals surface area (Å²) < 4.78 is 21.3. The van der Waals surface area contributed by atoms with Gasteiger partial charge in [-0.25, -0.2) is 18.9 Å². The Labute approximate surface area is 190 Å². The number of rotatable bonds is 5. The number of ether oxygens (including phenoxy) is 1. The van der Waals surface area contributed by atoms with Crippen molar-refractivity contribution < 1.29 is 13.9 Å². The fourth-order valence-corrected chi connectivity index (χ4v) is 4.57. The van der Waals surface area contributed by atoms with E-state index in [4.69, 9.17) is 4.74 Å². The topological polar surface area (TPSA) is 96.1 Å². The molecule has 3 heterocycles. The number of nitrogens with zero attached hydrogens (tertiary/aromatic N) is 5. The Morgan fingerprint density at radius 3 is 2.73 bits per heavy atom. The van der Waals surface area contributed by atoms with E-state index < -0.39 is 11.4 Å². The molecule has 3 aromatic rings. The van der Waals surface area contributed by atoms with Crippen molar-refractivity contribution in [1.82, 2.24) is 14.8 Å². The van der Waals surface area contributed by atoms with Gasteiger partial charge >= 0.3 is 6.09 Å². The Morgan fingerprint density at radius 2 is 2.00 bits per heavy atom. The second-order valence-corrected chi connectivity index (χ2v) is 8.55. The molecule has 168 valence electrons. The van der Waals surface area contributed by atoms with Crippen LogP contribution < -0.4 is 10.2 Å². The summed E-state index contributed by atoms with van der Waals surface area (Å²) in [6.07, 6.45) is 6.15. The highest BCUT2D eigenvalue weighted by atomic mass is 19.1. The zero-order valence-corrected chi connectivity index (χ0v) is 17.9. The third-order valence-electron chi connectivity index (χ3n) is 6.40. The van der Waals surface area contributed by atoms with Crippen LogP contribution in [0.1, 0.15) is 31.2 Å². The summed E-state index contributed by atoms with van der Waals surface area (Å²) in [5, 5.41) is 17.1. The first-order valence-corrected chi connectivity index (χ1v) is 11.0. The summed E-state index contributed by atoms with van der Waals surface area (Å²) in [6, 6.07) is 13.9. The van der Waals surface area contributed by atoms with Crippen molar-refractivity contribution in [2.24, 2.45) is 5.92 Å². The zero-order chi connectivity index (χ0) is 22.8. The van der Waals surface area contributed by atoms with Gasteiger partial charge in [-0.2, -0.15) is 5.26 Å². The van der Waals surface area contributed by atoms with E-state index in [2.05, 4.69) is 21.5 Å². The summed E-state index contributed by atoms with van der Waals surface area (Å²) in [5.74, 6) is 0.996. The van der Waals surface area contributed by atoms with Crippen molar-refractivity contribution in [2.75, 3.05) is 23.3 Å². The Balaban J connectivity index is 1.20. The Kier molecular flexibility index (Phi) is 5.42. The number of anilines is 2. The molecular weight excluding hydrogens is 423 g/mol. The minimum Gasteiger partial charge on any atom is -0.441 e.